The van der Waals surface area contributed by atoms with Crippen LogP contribution in [0.15, 0.2) is 0 Å². The molecule has 2 unspecified atom stereocenters. The van der Waals surface area contributed by atoms with Crippen molar-refractivity contribution >= 4 is 41.4 Å². The van der Waals surface area contributed by atoms with Gasteiger partial charge in [0.1, 0.15) is 6.04 Å². The molecule has 26 heavy (non-hydrogen) atoms. The Bertz CT molecular complexity index is 645. The monoisotopic (exact) mass is 388 g/mol. The van der Waals surface area contributed by atoms with Crippen LogP contribution in [-0.4, -0.2) is 67.9 Å². The summed E-state index contributed by atoms with van der Waals surface area (Å²) in [6, 6.07) is -1.61. The van der Waals surface area contributed by atoms with E-state index >= 15 is 0 Å². The van der Waals surface area contributed by atoms with Crippen molar-refractivity contribution in [3.8, 4) is 0 Å². The number of thioether (sulfide) groups is 1. The van der Waals surface area contributed by atoms with Crippen molar-refractivity contribution in [2.75, 3.05) is 6.26 Å². The Morgan fingerprint density at radius 1 is 1.23 bits per heavy atom. The lowest BCUT2D eigenvalue weighted by Crippen LogP contribution is -2.62. The Morgan fingerprint density at radius 2 is 1.77 bits per heavy atom. The lowest BCUT2D eigenvalue weighted by Gasteiger charge is -2.45. The summed E-state index contributed by atoms with van der Waals surface area (Å²) >= 11 is 1.25. The van der Waals surface area contributed by atoms with Crippen LogP contribution in [0.25, 0.3) is 0 Å². The van der Waals surface area contributed by atoms with Gasteiger partial charge in [0.15, 0.2) is 0 Å². The molecule has 0 saturated carbocycles. The maximum Gasteiger partial charge on any atom is 0.326 e. The number of likely N-dealkylation sites (tertiary alicyclic amines) is 1. The first-order valence-corrected chi connectivity index (χ1v) is 9.21. The van der Waals surface area contributed by atoms with Gasteiger partial charge in [0.2, 0.25) is 17.7 Å². The average molecular weight is 388 g/mol. The lowest BCUT2D eigenvalue weighted by atomic mass is 9.72. The summed E-state index contributed by atoms with van der Waals surface area (Å²) in [7, 11) is 0. The molecule has 1 aliphatic rings. The van der Waals surface area contributed by atoms with Gasteiger partial charge in [0.05, 0.1) is 22.6 Å². The van der Waals surface area contributed by atoms with E-state index in [1.54, 1.807) is 20.1 Å². The van der Waals surface area contributed by atoms with E-state index in [0.29, 0.717) is 0 Å². The summed E-state index contributed by atoms with van der Waals surface area (Å²) in [6.45, 7) is 6.07. The molecule has 0 bridgehead atoms. The van der Waals surface area contributed by atoms with Crippen LogP contribution in [0.4, 0.5) is 0 Å². The molecule has 3 amide bonds. The second-order valence-corrected chi connectivity index (χ2v) is 8.18. The number of imide groups is 1. The van der Waals surface area contributed by atoms with E-state index < -0.39 is 58.3 Å². The third-order valence-corrected chi connectivity index (χ3v) is 5.97. The van der Waals surface area contributed by atoms with E-state index in [1.165, 1.54) is 25.6 Å². The Hall–Kier alpha value is -2.10. The highest BCUT2D eigenvalue weighted by molar-refractivity contribution is 8.00. The molecule has 0 radical (unpaired) electrons. The summed E-state index contributed by atoms with van der Waals surface area (Å²) in [6.07, 6.45) is 0.971. The zero-order chi connectivity index (χ0) is 20.4. The second-order valence-electron chi connectivity index (χ2n) is 7.14. The van der Waals surface area contributed by atoms with E-state index in [1.807, 2.05) is 0 Å². The summed E-state index contributed by atoms with van der Waals surface area (Å²) in [4.78, 5) is 60.6. The first-order valence-electron chi connectivity index (χ1n) is 7.92. The van der Waals surface area contributed by atoms with Gasteiger partial charge in [0, 0.05) is 6.42 Å². The number of aliphatic carboxylic acids is 2. The Morgan fingerprint density at radius 3 is 2.15 bits per heavy atom. The van der Waals surface area contributed by atoms with Gasteiger partial charge in [-0.1, -0.05) is 0 Å². The quantitative estimate of drug-likeness (QED) is 0.505. The van der Waals surface area contributed by atoms with Crippen molar-refractivity contribution in [1.82, 2.24) is 10.2 Å². The standard InChI is InChI=1S/C16H24N2O7S/c1-15(2,14(25)17-8(13(23)24)6-11(20)21)16(3,4)18-10(19)7-9(26-5)12(18)22/h8-9H,6-7H2,1-5H3,(H,17,25)(H,20,21)(H,23,24). The van der Waals surface area contributed by atoms with E-state index in [9.17, 15) is 24.0 Å². The van der Waals surface area contributed by atoms with E-state index in [0.717, 1.165) is 4.90 Å². The highest BCUT2D eigenvalue weighted by Gasteiger charge is 2.55. The number of carboxylic acid groups (broad SMARTS) is 2. The average Bonchev–Trinajstić information content (AvgIpc) is 2.79. The van der Waals surface area contributed by atoms with Crippen LogP contribution >= 0.6 is 11.8 Å². The van der Waals surface area contributed by atoms with Gasteiger partial charge in [0.25, 0.3) is 0 Å². The van der Waals surface area contributed by atoms with E-state index in [-0.39, 0.29) is 6.42 Å². The van der Waals surface area contributed by atoms with Crippen LogP contribution in [0.5, 0.6) is 0 Å². The van der Waals surface area contributed by atoms with Crippen molar-refractivity contribution in [2.45, 2.75) is 57.4 Å². The molecule has 1 fully saturated rings. The molecule has 1 rings (SSSR count). The molecule has 1 heterocycles. The number of hydrogen-bond donors (Lipinski definition) is 3. The highest BCUT2D eigenvalue weighted by Crippen LogP contribution is 2.40. The van der Waals surface area contributed by atoms with Gasteiger partial charge in [-0.25, -0.2) is 4.79 Å². The maximum absolute atomic E-state index is 12.7. The number of amides is 3. The first kappa shape index (κ1) is 21.9. The van der Waals surface area contributed by atoms with E-state index in [4.69, 9.17) is 10.2 Å². The molecule has 0 spiro atoms. The minimum absolute atomic E-state index is 0.0396. The first-order chi connectivity index (χ1) is 11.8. The zero-order valence-electron chi connectivity index (χ0n) is 15.4. The SMILES string of the molecule is CSC1CC(=O)N(C(C)(C)C(C)(C)C(=O)NC(CC(=O)O)C(=O)O)C1=O. The Labute approximate surface area is 155 Å². The van der Waals surface area contributed by atoms with Crippen LogP contribution in [0, 0.1) is 5.41 Å². The normalized spacial score (nSPS) is 19.4. The third kappa shape index (κ3) is 4.00. The Balaban J connectivity index is 3.11. The van der Waals surface area contributed by atoms with Gasteiger partial charge >= 0.3 is 11.9 Å². The molecule has 0 aromatic rings. The number of hydrogen-bond acceptors (Lipinski definition) is 6. The molecule has 0 aromatic heterocycles. The third-order valence-electron chi connectivity index (χ3n) is 5.03. The number of rotatable bonds is 8. The molecule has 10 heteroatoms. The lowest BCUT2D eigenvalue weighted by molar-refractivity contribution is -0.156. The minimum atomic E-state index is -1.61. The molecule has 0 aliphatic carbocycles. The molecular formula is C16H24N2O7S. The van der Waals surface area contributed by atoms with Crippen LogP contribution in [0.2, 0.25) is 0 Å². The molecule has 1 saturated heterocycles. The van der Waals surface area contributed by atoms with Crippen molar-refractivity contribution in [3.63, 3.8) is 0 Å². The van der Waals surface area contributed by atoms with Gasteiger partial charge in [-0.15, -0.1) is 0 Å². The van der Waals surface area contributed by atoms with Crippen LogP contribution in [0.1, 0.15) is 40.5 Å². The predicted octanol–water partition coefficient (Wildman–Crippen LogP) is 0.326. The molecular weight excluding hydrogens is 364 g/mol. The molecule has 0 aromatic carbocycles. The van der Waals surface area contributed by atoms with Crippen molar-refractivity contribution in [3.05, 3.63) is 0 Å². The molecule has 3 N–H and O–H groups in total. The predicted molar refractivity (Wildman–Crippen MR) is 93.5 cm³/mol. The maximum atomic E-state index is 12.7. The number of carboxylic acids is 2. The van der Waals surface area contributed by atoms with Crippen LogP contribution in [0.3, 0.4) is 0 Å². The van der Waals surface area contributed by atoms with Crippen LogP contribution < -0.4 is 5.32 Å². The topological polar surface area (TPSA) is 141 Å². The van der Waals surface area contributed by atoms with Gasteiger partial charge in [-0.2, -0.15) is 11.8 Å². The number of carbonyl (C=O) groups excluding carboxylic acids is 3. The molecule has 1 aliphatic heterocycles. The highest BCUT2D eigenvalue weighted by atomic mass is 32.2. The zero-order valence-corrected chi connectivity index (χ0v) is 16.2. The fourth-order valence-electron chi connectivity index (χ4n) is 2.65. The summed E-state index contributed by atoms with van der Waals surface area (Å²) in [5.41, 5.74) is -2.61. The largest absolute Gasteiger partial charge is 0.481 e. The number of nitrogens with zero attached hydrogens (tertiary/aromatic N) is 1. The molecule has 9 nitrogen and oxygen atoms in total. The summed E-state index contributed by atoms with van der Waals surface area (Å²) in [5, 5.41) is 19.6. The number of carbonyl (C=O) groups is 5. The van der Waals surface area contributed by atoms with E-state index in [2.05, 4.69) is 5.32 Å². The van der Waals surface area contributed by atoms with Gasteiger partial charge in [-0.05, 0) is 34.0 Å². The van der Waals surface area contributed by atoms with Crippen molar-refractivity contribution < 1.29 is 34.2 Å². The fourth-order valence-corrected chi connectivity index (χ4v) is 3.26. The van der Waals surface area contributed by atoms with Crippen molar-refractivity contribution in [2.24, 2.45) is 5.41 Å². The van der Waals surface area contributed by atoms with Gasteiger partial charge < -0.3 is 15.5 Å². The minimum Gasteiger partial charge on any atom is -0.481 e. The van der Waals surface area contributed by atoms with Crippen molar-refractivity contribution in [1.29, 1.82) is 0 Å². The van der Waals surface area contributed by atoms with Crippen LogP contribution in [-0.2, 0) is 24.0 Å². The second kappa shape index (κ2) is 7.65. The Kier molecular flexibility index (Phi) is 6.45. The summed E-state index contributed by atoms with van der Waals surface area (Å²) in [5.74, 6) is -4.41. The molecule has 146 valence electrons. The molecule has 2 atom stereocenters. The smallest absolute Gasteiger partial charge is 0.326 e. The number of nitrogens with one attached hydrogen (secondary N) is 1. The summed E-state index contributed by atoms with van der Waals surface area (Å²) < 4.78 is 0. The fraction of sp³-hybridized carbons (Fsp3) is 0.688. The van der Waals surface area contributed by atoms with Gasteiger partial charge in [-0.3, -0.25) is 24.1 Å².